The van der Waals surface area contributed by atoms with E-state index in [1.54, 1.807) is 37.7 Å². The highest BCUT2D eigenvalue weighted by molar-refractivity contribution is 7.89. The van der Waals surface area contributed by atoms with Crippen LogP contribution in [0.15, 0.2) is 41.8 Å². The lowest BCUT2D eigenvalue weighted by molar-refractivity contribution is 0.359. The van der Waals surface area contributed by atoms with Gasteiger partial charge >= 0.3 is 0 Å². The van der Waals surface area contributed by atoms with E-state index in [-0.39, 0.29) is 11.4 Å². The van der Waals surface area contributed by atoms with Crippen molar-refractivity contribution in [2.24, 2.45) is 7.05 Å². The summed E-state index contributed by atoms with van der Waals surface area (Å²) in [6.45, 7) is 7.53. The normalized spacial score (nSPS) is 11.4. The molecule has 6 nitrogen and oxygen atoms in total. The predicted molar refractivity (Wildman–Crippen MR) is 88.8 cm³/mol. The molecule has 0 saturated heterocycles. The number of para-hydroxylation sites is 1. The number of nitrogens with zero attached hydrogens (tertiary/aromatic N) is 2. The smallest absolute Gasteiger partial charge is 0.244 e. The number of hydrogen-bond donors (Lipinski definition) is 1. The maximum Gasteiger partial charge on any atom is 0.244 e. The monoisotopic (exact) mass is 335 g/mol. The van der Waals surface area contributed by atoms with Gasteiger partial charge in [-0.1, -0.05) is 30.9 Å². The zero-order chi connectivity index (χ0) is 17.0. The van der Waals surface area contributed by atoms with Crippen molar-refractivity contribution in [3.05, 3.63) is 53.9 Å². The van der Waals surface area contributed by atoms with Crippen molar-refractivity contribution in [2.75, 3.05) is 6.61 Å². The van der Waals surface area contributed by atoms with Crippen molar-refractivity contribution in [1.82, 2.24) is 14.5 Å². The van der Waals surface area contributed by atoms with Crippen LogP contribution in [-0.2, 0) is 23.6 Å². The third-order valence-electron chi connectivity index (χ3n) is 3.49. The minimum atomic E-state index is -3.65. The summed E-state index contributed by atoms with van der Waals surface area (Å²) in [7, 11) is -1.92. The number of hydrogen-bond acceptors (Lipinski definition) is 4. The van der Waals surface area contributed by atoms with Crippen molar-refractivity contribution in [3.63, 3.8) is 0 Å². The fourth-order valence-electron chi connectivity index (χ4n) is 2.33. The highest BCUT2D eigenvalue weighted by Crippen LogP contribution is 2.21. The molecule has 0 atom stereocenters. The Labute approximate surface area is 136 Å². The molecule has 0 aliphatic heterocycles. The van der Waals surface area contributed by atoms with Crippen molar-refractivity contribution < 1.29 is 13.2 Å². The van der Waals surface area contributed by atoms with Crippen LogP contribution in [0, 0.1) is 13.8 Å². The van der Waals surface area contributed by atoms with Crippen molar-refractivity contribution in [1.29, 1.82) is 0 Å². The molecule has 7 heteroatoms. The van der Waals surface area contributed by atoms with E-state index in [9.17, 15) is 8.42 Å². The molecule has 0 radical (unpaired) electrons. The number of benzene rings is 1. The van der Waals surface area contributed by atoms with Crippen LogP contribution < -0.4 is 9.46 Å². The summed E-state index contributed by atoms with van der Waals surface area (Å²) in [6.07, 6.45) is 1.64. The Hall–Kier alpha value is -2.12. The standard InChI is InChI=1S/C16H21N3O3S/c1-5-10-22-15-9-7-6-8-14(15)11-17-23(20,21)16-12(2)18-19(4)13(16)3/h5-9,17H,1,10-11H2,2-4H3. The highest BCUT2D eigenvalue weighted by atomic mass is 32.2. The molecule has 124 valence electrons. The Morgan fingerprint density at radius 2 is 2.04 bits per heavy atom. The van der Waals surface area contributed by atoms with Gasteiger partial charge in [0.15, 0.2) is 0 Å². The van der Waals surface area contributed by atoms with Gasteiger partial charge in [0.25, 0.3) is 0 Å². The Morgan fingerprint density at radius 3 is 2.65 bits per heavy atom. The fraction of sp³-hybridized carbons (Fsp3) is 0.312. The topological polar surface area (TPSA) is 73.2 Å². The summed E-state index contributed by atoms with van der Waals surface area (Å²) in [6, 6.07) is 7.30. The van der Waals surface area contributed by atoms with Gasteiger partial charge in [-0.15, -0.1) is 0 Å². The van der Waals surface area contributed by atoms with Crippen LogP contribution in [-0.4, -0.2) is 24.8 Å². The lowest BCUT2D eigenvalue weighted by Crippen LogP contribution is -2.24. The molecule has 1 N–H and O–H groups in total. The van der Waals surface area contributed by atoms with Crippen LogP contribution in [0.2, 0.25) is 0 Å². The minimum Gasteiger partial charge on any atom is -0.489 e. The Kier molecular flexibility index (Phi) is 5.23. The van der Waals surface area contributed by atoms with Crippen LogP contribution >= 0.6 is 0 Å². The van der Waals surface area contributed by atoms with Crippen molar-refractivity contribution >= 4 is 10.0 Å². The van der Waals surface area contributed by atoms with Crippen LogP contribution in [0.4, 0.5) is 0 Å². The second kappa shape index (κ2) is 6.97. The van der Waals surface area contributed by atoms with Gasteiger partial charge in [0, 0.05) is 19.2 Å². The lowest BCUT2D eigenvalue weighted by atomic mass is 10.2. The zero-order valence-electron chi connectivity index (χ0n) is 13.5. The molecule has 0 aliphatic carbocycles. The summed E-state index contributed by atoms with van der Waals surface area (Å²) in [5, 5.41) is 4.15. The average molecular weight is 335 g/mol. The van der Waals surface area contributed by atoms with Crippen LogP contribution in [0.1, 0.15) is 17.0 Å². The van der Waals surface area contributed by atoms with E-state index in [2.05, 4.69) is 16.4 Å². The van der Waals surface area contributed by atoms with Gasteiger partial charge in [-0.05, 0) is 19.9 Å². The summed E-state index contributed by atoms with van der Waals surface area (Å²) in [4.78, 5) is 0.226. The SMILES string of the molecule is C=CCOc1ccccc1CNS(=O)(=O)c1c(C)nn(C)c1C. The lowest BCUT2D eigenvalue weighted by Gasteiger charge is -2.11. The molecular formula is C16H21N3O3S. The van der Waals surface area contributed by atoms with E-state index in [1.165, 1.54) is 0 Å². The maximum atomic E-state index is 12.6. The summed E-state index contributed by atoms with van der Waals surface area (Å²) in [5.41, 5.74) is 1.84. The second-order valence-corrected chi connectivity index (χ2v) is 6.86. The third kappa shape index (κ3) is 3.80. The molecular weight excluding hydrogens is 314 g/mol. The van der Waals surface area contributed by atoms with E-state index < -0.39 is 10.0 Å². The number of nitrogens with one attached hydrogen (secondary N) is 1. The van der Waals surface area contributed by atoms with Crippen LogP contribution in [0.25, 0.3) is 0 Å². The number of sulfonamides is 1. The highest BCUT2D eigenvalue weighted by Gasteiger charge is 2.23. The van der Waals surface area contributed by atoms with Gasteiger partial charge in [-0.25, -0.2) is 13.1 Å². The number of ether oxygens (including phenoxy) is 1. The van der Waals surface area contributed by atoms with E-state index in [4.69, 9.17) is 4.74 Å². The first-order valence-corrected chi connectivity index (χ1v) is 8.66. The van der Waals surface area contributed by atoms with E-state index in [1.807, 2.05) is 18.2 Å². The average Bonchev–Trinajstić information content (AvgIpc) is 2.77. The van der Waals surface area contributed by atoms with Gasteiger partial charge < -0.3 is 4.74 Å². The molecule has 1 aromatic carbocycles. The molecule has 0 amide bonds. The largest absolute Gasteiger partial charge is 0.489 e. The number of aryl methyl sites for hydroxylation is 2. The molecule has 0 bridgehead atoms. The molecule has 2 aromatic rings. The van der Waals surface area contributed by atoms with Crippen LogP contribution in [0.3, 0.4) is 0 Å². The molecule has 0 aliphatic rings. The Morgan fingerprint density at radius 1 is 1.35 bits per heavy atom. The number of rotatable bonds is 7. The van der Waals surface area contributed by atoms with Gasteiger partial charge in [0.1, 0.15) is 17.3 Å². The molecule has 0 unspecified atom stereocenters. The van der Waals surface area contributed by atoms with E-state index in [0.717, 1.165) is 5.56 Å². The quantitative estimate of drug-likeness (QED) is 0.786. The fourth-order valence-corrected chi connectivity index (χ4v) is 3.77. The Bertz CT molecular complexity index is 810. The molecule has 2 rings (SSSR count). The summed E-state index contributed by atoms with van der Waals surface area (Å²) < 4.78 is 34.8. The number of aromatic nitrogens is 2. The van der Waals surface area contributed by atoms with E-state index in [0.29, 0.717) is 23.7 Å². The van der Waals surface area contributed by atoms with Crippen molar-refractivity contribution in [3.8, 4) is 5.75 Å². The van der Waals surface area contributed by atoms with Gasteiger partial charge in [-0.3, -0.25) is 4.68 Å². The first kappa shape index (κ1) is 17.2. The van der Waals surface area contributed by atoms with Gasteiger partial charge in [-0.2, -0.15) is 5.10 Å². The molecule has 23 heavy (non-hydrogen) atoms. The molecule has 0 spiro atoms. The van der Waals surface area contributed by atoms with Gasteiger partial charge in [0.05, 0.1) is 11.4 Å². The predicted octanol–water partition coefficient (Wildman–Crippen LogP) is 2.08. The molecule has 0 saturated carbocycles. The summed E-state index contributed by atoms with van der Waals surface area (Å²) in [5.74, 6) is 0.634. The van der Waals surface area contributed by atoms with Crippen LogP contribution in [0.5, 0.6) is 5.75 Å². The third-order valence-corrected chi connectivity index (χ3v) is 5.15. The second-order valence-electron chi connectivity index (χ2n) is 5.16. The molecule has 1 heterocycles. The zero-order valence-corrected chi connectivity index (χ0v) is 14.4. The maximum absolute atomic E-state index is 12.6. The van der Waals surface area contributed by atoms with E-state index >= 15 is 0 Å². The Balaban J connectivity index is 2.22. The first-order valence-electron chi connectivity index (χ1n) is 7.18. The van der Waals surface area contributed by atoms with Crippen molar-refractivity contribution in [2.45, 2.75) is 25.3 Å². The molecule has 1 aromatic heterocycles. The first-order chi connectivity index (χ1) is 10.9. The minimum absolute atomic E-state index is 0.142. The summed E-state index contributed by atoms with van der Waals surface area (Å²) >= 11 is 0. The van der Waals surface area contributed by atoms with Gasteiger partial charge in [0.2, 0.25) is 10.0 Å². The molecule has 0 fully saturated rings.